The summed E-state index contributed by atoms with van der Waals surface area (Å²) in [4.78, 5) is 19.7. The second kappa shape index (κ2) is 10.2. The van der Waals surface area contributed by atoms with Crippen LogP contribution in [0.5, 0.6) is 0 Å². The van der Waals surface area contributed by atoms with Crippen LogP contribution in [0.15, 0.2) is 150 Å². The van der Waals surface area contributed by atoms with E-state index in [9.17, 15) is 0 Å². The number of hydrogen-bond acceptors (Lipinski definition) is 5. The van der Waals surface area contributed by atoms with Crippen molar-refractivity contribution in [2.45, 2.75) is 0 Å². The van der Waals surface area contributed by atoms with E-state index in [2.05, 4.69) is 83.8 Å². The summed E-state index contributed by atoms with van der Waals surface area (Å²) in [5.41, 5.74) is 7.55. The van der Waals surface area contributed by atoms with Crippen LogP contribution in [0.25, 0.3) is 88.9 Å². The van der Waals surface area contributed by atoms with Crippen LogP contribution < -0.4 is 0 Å². The molecule has 0 fully saturated rings. The topological polar surface area (TPSA) is 64.7 Å². The number of fused-ring (bicyclic) bond motifs is 5. The fourth-order valence-corrected chi connectivity index (χ4v) is 6.12. The van der Waals surface area contributed by atoms with Gasteiger partial charge in [0.15, 0.2) is 17.5 Å². The minimum absolute atomic E-state index is 0.594. The average Bonchev–Trinajstić information content (AvgIpc) is 3.48. The molecule has 5 heteroatoms. The number of pyridine rings is 1. The van der Waals surface area contributed by atoms with Crippen LogP contribution in [0.4, 0.5) is 0 Å². The first-order chi connectivity index (χ1) is 22.3. The lowest BCUT2D eigenvalue weighted by molar-refractivity contribution is 0.669. The molecule has 0 bridgehead atoms. The average molecular weight is 577 g/mol. The lowest BCUT2D eigenvalue weighted by Gasteiger charge is -2.10. The van der Waals surface area contributed by atoms with Crippen LogP contribution in [0.3, 0.4) is 0 Å². The van der Waals surface area contributed by atoms with Gasteiger partial charge in [-0.2, -0.15) is 0 Å². The van der Waals surface area contributed by atoms with E-state index >= 15 is 0 Å². The summed E-state index contributed by atoms with van der Waals surface area (Å²) < 4.78 is 6.34. The third-order valence-electron chi connectivity index (χ3n) is 8.33. The maximum absolute atomic E-state index is 6.34. The predicted octanol–water partition coefficient (Wildman–Crippen LogP) is 10.1. The van der Waals surface area contributed by atoms with Crippen molar-refractivity contribution >= 4 is 43.6 Å². The Bertz CT molecular complexity index is 2540. The first-order valence-electron chi connectivity index (χ1n) is 14.9. The highest BCUT2D eigenvalue weighted by Crippen LogP contribution is 2.38. The number of furan rings is 1. The van der Waals surface area contributed by atoms with Gasteiger partial charge in [0.05, 0.1) is 5.52 Å². The Balaban J connectivity index is 1.26. The van der Waals surface area contributed by atoms with Crippen molar-refractivity contribution < 1.29 is 4.42 Å². The lowest BCUT2D eigenvalue weighted by Crippen LogP contribution is -2.00. The normalized spacial score (nSPS) is 11.6. The molecule has 0 amide bonds. The Morgan fingerprint density at radius 2 is 1.13 bits per heavy atom. The summed E-state index contributed by atoms with van der Waals surface area (Å²) >= 11 is 0. The SMILES string of the molecule is c1ccc(-c2ccc3ccc(-c4nc(-c5ccccc5)nc(-c5cccc6oc7cc8ncccc8cc7c56)n4)cc3c2)cc1. The molecule has 0 saturated carbocycles. The minimum atomic E-state index is 0.594. The van der Waals surface area contributed by atoms with Gasteiger partial charge < -0.3 is 4.42 Å². The van der Waals surface area contributed by atoms with Crippen LogP contribution in [-0.2, 0) is 0 Å². The molecule has 6 aromatic carbocycles. The third-order valence-corrected chi connectivity index (χ3v) is 8.33. The highest BCUT2D eigenvalue weighted by Gasteiger charge is 2.18. The summed E-state index contributed by atoms with van der Waals surface area (Å²) in [5.74, 6) is 1.83. The van der Waals surface area contributed by atoms with E-state index in [4.69, 9.17) is 19.4 Å². The molecule has 0 saturated heterocycles. The fourth-order valence-electron chi connectivity index (χ4n) is 6.12. The largest absolute Gasteiger partial charge is 0.456 e. The highest BCUT2D eigenvalue weighted by molar-refractivity contribution is 6.14. The molecule has 9 rings (SSSR count). The Hall–Kier alpha value is -6.20. The van der Waals surface area contributed by atoms with Gasteiger partial charge in [-0.1, -0.05) is 103 Å². The second-order valence-electron chi connectivity index (χ2n) is 11.1. The zero-order valence-corrected chi connectivity index (χ0v) is 24.1. The van der Waals surface area contributed by atoms with Crippen LogP contribution in [-0.4, -0.2) is 19.9 Å². The van der Waals surface area contributed by atoms with Crippen LogP contribution in [0, 0.1) is 0 Å². The van der Waals surface area contributed by atoms with E-state index in [0.29, 0.717) is 17.5 Å². The van der Waals surface area contributed by atoms with E-state index in [0.717, 1.165) is 60.3 Å². The summed E-state index contributed by atoms with van der Waals surface area (Å²) in [7, 11) is 0. The molecular formula is C40H24N4O. The van der Waals surface area contributed by atoms with Crippen LogP contribution in [0.2, 0.25) is 0 Å². The van der Waals surface area contributed by atoms with Gasteiger partial charge in [-0.15, -0.1) is 0 Å². The molecule has 0 aliphatic heterocycles. The number of aromatic nitrogens is 4. The molecule has 3 heterocycles. The summed E-state index contributed by atoms with van der Waals surface area (Å²) in [6.07, 6.45) is 1.80. The molecule has 9 aromatic rings. The second-order valence-corrected chi connectivity index (χ2v) is 11.1. The molecule has 0 atom stereocenters. The summed E-state index contributed by atoms with van der Waals surface area (Å²) in [6, 6.07) is 47.7. The standard InChI is InChI=1S/C40H24N4O/c1-3-9-25(10-4-1)28-18-16-26-17-19-30(22-31(26)21-28)39-42-38(27-11-5-2-6-12-27)43-40(44-39)32-14-7-15-35-37(32)33-23-29-13-8-20-41-34(29)24-36(33)45-35/h1-24H. The lowest BCUT2D eigenvalue weighted by atomic mass is 9.99. The number of benzene rings is 6. The third kappa shape index (κ3) is 4.41. The van der Waals surface area contributed by atoms with Gasteiger partial charge in [0.1, 0.15) is 11.2 Å². The number of hydrogen-bond donors (Lipinski definition) is 0. The molecule has 0 aliphatic carbocycles. The zero-order valence-electron chi connectivity index (χ0n) is 24.1. The smallest absolute Gasteiger partial charge is 0.164 e. The van der Waals surface area contributed by atoms with Crippen molar-refractivity contribution in [3.63, 3.8) is 0 Å². The molecule has 0 radical (unpaired) electrons. The van der Waals surface area contributed by atoms with Gasteiger partial charge >= 0.3 is 0 Å². The van der Waals surface area contributed by atoms with Crippen molar-refractivity contribution in [1.29, 1.82) is 0 Å². The number of rotatable bonds is 4. The summed E-state index contributed by atoms with van der Waals surface area (Å²) in [5, 5.41) is 5.31. The zero-order chi connectivity index (χ0) is 29.7. The Kier molecular flexibility index (Phi) is 5.74. The Morgan fingerprint density at radius 3 is 1.96 bits per heavy atom. The van der Waals surface area contributed by atoms with E-state index in [1.165, 1.54) is 11.1 Å². The molecular weight excluding hydrogens is 552 g/mol. The monoisotopic (exact) mass is 576 g/mol. The molecule has 210 valence electrons. The highest BCUT2D eigenvalue weighted by atomic mass is 16.3. The van der Waals surface area contributed by atoms with Crippen molar-refractivity contribution in [1.82, 2.24) is 19.9 Å². The molecule has 0 spiro atoms. The van der Waals surface area contributed by atoms with Crippen molar-refractivity contribution in [3.05, 3.63) is 146 Å². The van der Waals surface area contributed by atoms with E-state index in [1.807, 2.05) is 60.7 Å². The van der Waals surface area contributed by atoms with Gasteiger partial charge in [-0.25, -0.2) is 15.0 Å². The predicted molar refractivity (Wildman–Crippen MR) is 182 cm³/mol. The van der Waals surface area contributed by atoms with E-state index < -0.39 is 0 Å². The first kappa shape index (κ1) is 25.3. The first-order valence-corrected chi connectivity index (χ1v) is 14.9. The van der Waals surface area contributed by atoms with Gasteiger partial charge in [-0.05, 0) is 52.2 Å². The van der Waals surface area contributed by atoms with Crippen LogP contribution >= 0.6 is 0 Å². The molecule has 3 aromatic heterocycles. The Morgan fingerprint density at radius 1 is 0.422 bits per heavy atom. The summed E-state index contributed by atoms with van der Waals surface area (Å²) in [6.45, 7) is 0. The molecule has 0 aliphatic rings. The van der Waals surface area contributed by atoms with Crippen molar-refractivity contribution in [3.8, 4) is 45.3 Å². The van der Waals surface area contributed by atoms with Gasteiger partial charge in [-0.3, -0.25) is 4.98 Å². The molecule has 45 heavy (non-hydrogen) atoms. The van der Waals surface area contributed by atoms with Gasteiger partial charge in [0.25, 0.3) is 0 Å². The van der Waals surface area contributed by atoms with Gasteiger partial charge in [0, 0.05) is 45.1 Å². The van der Waals surface area contributed by atoms with E-state index in [1.54, 1.807) is 6.20 Å². The quantitative estimate of drug-likeness (QED) is 0.209. The minimum Gasteiger partial charge on any atom is -0.456 e. The molecule has 5 nitrogen and oxygen atoms in total. The maximum Gasteiger partial charge on any atom is 0.164 e. The maximum atomic E-state index is 6.34. The van der Waals surface area contributed by atoms with Gasteiger partial charge in [0.2, 0.25) is 0 Å². The van der Waals surface area contributed by atoms with E-state index in [-0.39, 0.29) is 0 Å². The fraction of sp³-hybridized carbons (Fsp3) is 0. The molecule has 0 unspecified atom stereocenters. The molecule has 0 N–H and O–H groups in total. The van der Waals surface area contributed by atoms with Crippen molar-refractivity contribution in [2.24, 2.45) is 0 Å². The van der Waals surface area contributed by atoms with Crippen LogP contribution in [0.1, 0.15) is 0 Å². The number of nitrogens with zero attached hydrogens (tertiary/aromatic N) is 4. The Labute approximate surface area is 258 Å². The van der Waals surface area contributed by atoms with Crippen molar-refractivity contribution in [2.75, 3.05) is 0 Å².